The maximum Gasteiger partial charge on any atom is 0.307 e. The zero-order chi connectivity index (χ0) is 24.3. The van der Waals surface area contributed by atoms with Crippen molar-refractivity contribution in [2.24, 2.45) is 5.14 Å². The minimum atomic E-state index is -4.28. The molecule has 33 heavy (non-hydrogen) atoms. The molecule has 176 valence electrons. The van der Waals surface area contributed by atoms with Gasteiger partial charge in [-0.1, -0.05) is 13.8 Å². The van der Waals surface area contributed by atoms with Crippen molar-refractivity contribution in [3.05, 3.63) is 59.4 Å². The Morgan fingerprint density at radius 3 is 2.61 bits per heavy atom. The van der Waals surface area contributed by atoms with Gasteiger partial charge < -0.3 is 9.84 Å². The van der Waals surface area contributed by atoms with Gasteiger partial charge in [0.1, 0.15) is 12.4 Å². The number of primary sulfonamides is 1. The number of rotatable bonds is 9. The summed E-state index contributed by atoms with van der Waals surface area (Å²) < 4.78 is 57.1. The number of sulfonamides is 1. The van der Waals surface area contributed by atoms with Crippen LogP contribution in [0.2, 0.25) is 0 Å². The number of aliphatic carboxylic acids is 1. The normalized spacial score (nSPS) is 11.7. The summed E-state index contributed by atoms with van der Waals surface area (Å²) in [4.78, 5) is 15.5. The Kier molecular flexibility index (Phi) is 7.08. The number of hydrogen-bond acceptors (Lipinski definition) is 6. The first-order chi connectivity index (χ1) is 15.5. The van der Waals surface area contributed by atoms with E-state index in [0.717, 1.165) is 10.9 Å². The van der Waals surface area contributed by atoms with Crippen LogP contribution in [-0.4, -0.2) is 40.9 Å². The van der Waals surface area contributed by atoms with Crippen molar-refractivity contribution < 1.29 is 31.8 Å². The first kappa shape index (κ1) is 24.3. The molecular weight excluding hydrogens is 458 g/mol. The number of benzene rings is 1. The third-order valence-corrected chi connectivity index (χ3v) is 5.59. The molecule has 0 bridgehead atoms. The van der Waals surface area contributed by atoms with Gasteiger partial charge in [0.15, 0.2) is 5.82 Å². The average molecular weight is 480 g/mol. The van der Waals surface area contributed by atoms with Crippen LogP contribution in [0.3, 0.4) is 0 Å². The van der Waals surface area contributed by atoms with E-state index < -0.39 is 32.7 Å². The van der Waals surface area contributed by atoms with Crippen LogP contribution in [0.5, 0.6) is 5.88 Å². The lowest BCUT2D eigenvalue weighted by molar-refractivity contribution is -0.136. The maximum absolute atomic E-state index is 14.3. The molecule has 0 atom stereocenters. The summed E-state index contributed by atoms with van der Waals surface area (Å²) in [6, 6.07) is 5.75. The Bertz CT molecular complexity index is 1290. The molecule has 3 rings (SSSR count). The van der Waals surface area contributed by atoms with Gasteiger partial charge in [0.05, 0.1) is 19.2 Å². The van der Waals surface area contributed by atoms with E-state index in [1.807, 2.05) is 13.8 Å². The van der Waals surface area contributed by atoms with Crippen molar-refractivity contribution in [3.8, 4) is 17.0 Å². The highest BCUT2D eigenvalue weighted by Gasteiger charge is 2.20. The number of nitrogens with zero attached hydrogens (tertiary/aromatic N) is 3. The summed E-state index contributed by atoms with van der Waals surface area (Å²) in [7, 11) is -4.28. The van der Waals surface area contributed by atoms with Crippen molar-refractivity contribution in [1.82, 2.24) is 14.8 Å². The highest BCUT2D eigenvalue weighted by atomic mass is 32.2. The molecule has 0 saturated heterocycles. The number of carboxylic acid groups (broad SMARTS) is 1. The third-order valence-electron chi connectivity index (χ3n) is 4.77. The van der Waals surface area contributed by atoms with Crippen LogP contribution in [-0.2, 0) is 27.8 Å². The van der Waals surface area contributed by atoms with Crippen LogP contribution < -0.4 is 9.88 Å². The van der Waals surface area contributed by atoms with E-state index in [-0.39, 0.29) is 31.4 Å². The van der Waals surface area contributed by atoms with Gasteiger partial charge in [0, 0.05) is 12.3 Å². The average Bonchev–Trinajstić information content (AvgIpc) is 3.09. The standard InChI is InChI=1S/C21H22F2N4O5S/c1-12(2)15-8-14(22)9-16(17(15)10-20(28)29)13-3-4-25-19(7-13)32-6-5-27-11-18(23)21(26-27)33(24,30)31/h3-4,7-9,11-12H,5-6,10H2,1-2H3,(H,28,29)(H2,24,30,31). The zero-order valence-corrected chi connectivity index (χ0v) is 18.6. The lowest BCUT2D eigenvalue weighted by Crippen LogP contribution is -2.15. The van der Waals surface area contributed by atoms with Gasteiger partial charge in [-0.25, -0.2) is 27.3 Å². The largest absolute Gasteiger partial charge is 0.481 e. The van der Waals surface area contributed by atoms with Gasteiger partial charge in [-0.3, -0.25) is 9.48 Å². The van der Waals surface area contributed by atoms with E-state index in [2.05, 4.69) is 10.1 Å². The summed E-state index contributed by atoms with van der Waals surface area (Å²) >= 11 is 0. The topological polar surface area (TPSA) is 137 Å². The van der Waals surface area contributed by atoms with Gasteiger partial charge in [0.25, 0.3) is 10.0 Å². The zero-order valence-electron chi connectivity index (χ0n) is 17.8. The summed E-state index contributed by atoms with van der Waals surface area (Å²) in [6.07, 6.45) is 2.03. The number of aromatic nitrogens is 3. The van der Waals surface area contributed by atoms with Gasteiger partial charge in [-0.15, -0.1) is 0 Å². The second-order valence-corrected chi connectivity index (χ2v) is 9.04. The molecule has 0 fully saturated rings. The number of hydrogen-bond donors (Lipinski definition) is 2. The fraction of sp³-hybridized carbons (Fsp3) is 0.286. The Balaban J connectivity index is 1.84. The molecule has 0 saturated carbocycles. The van der Waals surface area contributed by atoms with Crippen LogP contribution in [0, 0.1) is 11.6 Å². The highest BCUT2D eigenvalue weighted by Crippen LogP contribution is 2.33. The molecule has 0 radical (unpaired) electrons. The predicted molar refractivity (Wildman–Crippen MR) is 114 cm³/mol. The number of nitrogens with two attached hydrogens (primary N) is 1. The first-order valence-electron chi connectivity index (χ1n) is 9.84. The van der Waals surface area contributed by atoms with Crippen molar-refractivity contribution in [2.45, 2.75) is 37.8 Å². The molecule has 3 aromatic rings. The predicted octanol–water partition coefficient (Wildman–Crippen LogP) is 2.70. The summed E-state index contributed by atoms with van der Waals surface area (Å²) in [5.74, 6) is -2.55. The summed E-state index contributed by atoms with van der Waals surface area (Å²) in [5, 5.41) is 17.0. The fourth-order valence-corrected chi connectivity index (χ4v) is 3.91. The van der Waals surface area contributed by atoms with E-state index in [9.17, 15) is 27.1 Å². The number of carboxylic acids is 1. The van der Waals surface area contributed by atoms with Crippen LogP contribution in [0.1, 0.15) is 30.9 Å². The van der Waals surface area contributed by atoms with Crippen LogP contribution in [0.4, 0.5) is 8.78 Å². The molecule has 0 aliphatic heterocycles. The van der Waals surface area contributed by atoms with Crippen molar-refractivity contribution >= 4 is 16.0 Å². The monoisotopic (exact) mass is 480 g/mol. The maximum atomic E-state index is 14.3. The molecule has 0 aliphatic carbocycles. The van der Waals surface area contributed by atoms with Gasteiger partial charge in [0.2, 0.25) is 10.9 Å². The Hall–Kier alpha value is -3.38. The number of ether oxygens (including phenoxy) is 1. The van der Waals surface area contributed by atoms with E-state index in [1.165, 1.54) is 24.4 Å². The van der Waals surface area contributed by atoms with Crippen LogP contribution in [0.25, 0.3) is 11.1 Å². The van der Waals surface area contributed by atoms with Gasteiger partial charge >= 0.3 is 5.97 Å². The SMILES string of the molecule is CC(C)c1cc(F)cc(-c2ccnc(OCCn3cc(F)c(S(N)(=O)=O)n3)c2)c1CC(=O)O. The third kappa shape index (κ3) is 5.90. The van der Waals surface area contributed by atoms with Gasteiger partial charge in [-0.05, 0) is 46.4 Å². The Labute approximate surface area is 188 Å². The van der Waals surface area contributed by atoms with E-state index in [0.29, 0.717) is 22.3 Å². The first-order valence-corrected chi connectivity index (χ1v) is 11.4. The molecule has 0 unspecified atom stereocenters. The second kappa shape index (κ2) is 9.63. The van der Waals surface area contributed by atoms with Crippen molar-refractivity contribution in [1.29, 1.82) is 0 Å². The van der Waals surface area contributed by atoms with Gasteiger partial charge in [-0.2, -0.15) is 5.10 Å². The van der Waals surface area contributed by atoms with Crippen molar-refractivity contribution in [3.63, 3.8) is 0 Å². The van der Waals surface area contributed by atoms with Crippen LogP contribution in [0.15, 0.2) is 41.7 Å². The molecular formula is C21H22F2N4O5S. The number of pyridine rings is 1. The minimum absolute atomic E-state index is 0.0000739. The second-order valence-electron chi connectivity index (χ2n) is 7.57. The van der Waals surface area contributed by atoms with E-state index in [4.69, 9.17) is 9.88 Å². The molecule has 1 aromatic carbocycles. The number of carbonyl (C=O) groups is 1. The molecule has 0 amide bonds. The van der Waals surface area contributed by atoms with Crippen LogP contribution >= 0.6 is 0 Å². The molecule has 2 aromatic heterocycles. The lowest BCUT2D eigenvalue weighted by atomic mass is 9.88. The smallest absolute Gasteiger partial charge is 0.307 e. The minimum Gasteiger partial charge on any atom is -0.481 e. The molecule has 12 heteroatoms. The van der Waals surface area contributed by atoms with E-state index in [1.54, 1.807) is 6.07 Å². The molecule has 2 heterocycles. The highest BCUT2D eigenvalue weighted by molar-refractivity contribution is 7.89. The number of halogens is 2. The summed E-state index contributed by atoms with van der Waals surface area (Å²) in [6.45, 7) is 3.67. The quantitative estimate of drug-likeness (QED) is 0.480. The fourth-order valence-electron chi connectivity index (χ4n) is 3.37. The Morgan fingerprint density at radius 2 is 2.00 bits per heavy atom. The molecule has 0 aliphatic rings. The van der Waals surface area contributed by atoms with E-state index >= 15 is 0 Å². The molecule has 0 spiro atoms. The summed E-state index contributed by atoms with van der Waals surface area (Å²) in [5.41, 5.74) is 2.02. The Morgan fingerprint density at radius 1 is 1.27 bits per heavy atom. The lowest BCUT2D eigenvalue weighted by Gasteiger charge is -2.17. The molecule has 3 N–H and O–H groups in total. The van der Waals surface area contributed by atoms with Crippen molar-refractivity contribution in [2.75, 3.05) is 6.61 Å². The molecule has 9 nitrogen and oxygen atoms in total.